The number of amides is 1. The number of nitrogens with one attached hydrogen (secondary N) is 1. The fourth-order valence-electron chi connectivity index (χ4n) is 2.57. The van der Waals surface area contributed by atoms with Gasteiger partial charge in [0.05, 0.1) is 18.5 Å². The smallest absolute Gasteiger partial charge is 0.307 e. The number of carboxylic acid groups (broad SMARTS) is 1. The molecule has 0 radical (unpaired) electrons. The van der Waals surface area contributed by atoms with E-state index in [0.29, 0.717) is 24.5 Å². The molecule has 1 aliphatic heterocycles. The summed E-state index contributed by atoms with van der Waals surface area (Å²) in [7, 11) is 0. The second-order valence-electron chi connectivity index (χ2n) is 5.37. The zero-order chi connectivity index (χ0) is 15.4. The van der Waals surface area contributed by atoms with Crippen LogP contribution in [0.5, 0.6) is 0 Å². The molecule has 1 saturated heterocycles. The van der Waals surface area contributed by atoms with Gasteiger partial charge in [0, 0.05) is 11.6 Å². The lowest BCUT2D eigenvalue weighted by Gasteiger charge is -2.19. The molecule has 2 atom stereocenters. The van der Waals surface area contributed by atoms with Crippen LogP contribution in [0.4, 0.5) is 0 Å². The Bertz CT molecular complexity index is 535. The first-order valence-electron chi connectivity index (χ1n) is 6.96. The maximum Gasteiger partial charge on any atom is 0.307 e. The van der Waals surface area contributed by atoms with E-state index in [2.05, 4.69) is 5.32 Å². The van der Waals surface area contributed by atoms with Gasteiger partial charge in [-0.25, -0.2) is 0 Å². The zero-order valence-electron chi connectivity index (χ0n) is 11.9. The maximum absolute atomic E-state index is 12.0. The third kappa shape index (κ3) is 4.19. The van der Waals surface area contributed by atoms with Crippen LogP contribution in [-0.4, -0.2) is 41.5 Å². The van der Waals surface area contributed by atoms with E-state index in [4.69, 9.17) is 16.7 Å². The highest BCUT2D eigenvalue weighted by atomic mass is 35.5. The highest BCUT2D eigenvalue weighted by Crippen LogP contribution is 2.22. The summed E-state index contributed by atoms with van der Waals surface area (Å²) < 4.78 is 0. The quantitative estimate of drug-likeness (QED) is 0.872. The second-order valence-corrected chi connectivity index (χ2v) is 5.78. The first-order valence-corrected chi connectivity index (χ1v) is 7.34. The van der Waals surface area contributed by atoms with Crippen molar-refractivity contribution in [3.05, 3.63) is 34.9 Å². The van der Waals surface area contributed by atoms with Crippen LogP contribution in [0.2, 0.25) is 5.02 Å². The van der Waals surface area contributed by atoms with Crippen molar-refractivity contribution in [1.82, 2.24) is 10.2 Å². The molecule has 0 unspecified atom stereocenters. The second kappa shape index (κ2) is 6.91. The number of carboxylic acids is 1. The van der Waals surface area contributed by atoms with Gasteiger partial charge in [-0.05, 0) is 31.5 Å². The average molecular weight is 311 g/mol. The van der Waals surface area contributed by atoms with Crippen LogP contribution in [0.15, 0.2) is 24.3 Å². The Morgan fingerprint density at radius 1 is 1.48 bits per heavy atom. The van der Waals surface area contributed by atoms with Gasteiger partial charge in [-0.15, -0.1) is 0 Å². The van der Waals surface area contributed by atoms with E-state index in [-0.39, 0.29) is 24.4 Å². The molecular formula is C15H19ClN2O3. The maximum atomic E-state index is 12.0. The Labute approximate surface area is 128 Å². The summed E-state index contributed by atoms with van der Waals surface area (Å²) in [4.78, 5) is 24.8. The number of carbonyl (C=O) groups is 2. The van der Waals surface area contributed by atoms with Gasteiger partial charge in [0.25, 0.3) is 0 Å². The van der Waals surface area contributed by atoms with Gasteiger partial charge in [-0.2, -0.15) is 0 Å². The molecule has 1 aliphatic rings. The van der Waals surface area contributed by atoms with E-state index in [1.807, 2.05) is 30.0 Å². The SMILES string of the molecule is C[C@H](NC(=O)CN1CC[C@@H](C(=O)O)C1)c1ccccc1Cl. The number of benzene rings is 1. The topological polar surface area (TPSA) is 69.6 Å². The van der Waals surface area contributed by atoms with Gasteiger partial charge >= 0.3 is 5.97 Å². The Hall–Kier alpha value is -1.59. The van der Waals surface area contributed by atoms with E-state index >= 15 is 0 Å². The summed E-state index contributed by atoms with van der Waals surface area (Å²) in [6.45, 7) is 3.18. The molecule has 0 bridgehead atoms. The third-order valence-electron chi connectivity index (χ3n) is 3.74. The molecule has 0 aromatic heterocycles. The van der Waals surface area contributed by atoms with Crippen LogP contribution in [0.3, 0.4) is 0 Å². The minimum absolute atomic E-state index is 0.117. The van der Waals surface area contributed by atoms with Crippen LogP contribution < -0.4 is 5.32 Å². The first kappa shape index (κ1) is 15.8. The summed E-state index contributed by atoms with van der Waals surface area (Å²) in [5.74, 6) is -1.27. The molecule has 2 rings (SSSR count). The van der Waals surface area contributed by atoms with Crippen molar-refractivity contribution in [3.63, 3.8) is 0 Å². The average Bonchev–Trinajstić information content (AvgIpc) is 2.87. The summed E-state index contributed by atoms with van der Waals surface area (Å²) in [6, 6.07) is 7.21. The Kier molecular flexibility index (Phi) is 5.20. The van der Waals surface area contributed by atoms with Crippen LogP contribution in [-0.2, 0) is 9.59 Å². The Morgan fingerprint density at radius 2 is 2.19 bits per heavy atom. The molecule has 2 N–H and O–H groups in total. The predicted molar refractivity (Wildman–Crippen MR) is 80.2 cm³/mol. The molecule has 6 heteroatoms. The standard InChI is InChI=1S/C15H19ClN2O3/c1-10(12-4-2-3-5-13(12)16)17-14(19)9-18-7-6-11(8-18)15(20)21/h2-5,10-11H,6-9H2,1H3,(H,17,19)(H,20,21)/t10-,11+/m0/s1. The van der Waals surface area contributed by atoms with Gasteiger partial charge in [-0.3, -0.25) is 14.5 Å². The van der Waals surface area contributed by atoms with Crippen LogP contribution >= 0.6 is 11.6 Å². The fourth-order valence-corrected chi connectivity index (χ4v) is 2.87. The van der Waals surface area contributed by atoms with Gasteiger partial charge in [-0.1, -0.05) is 29.8 Å². The highest BCUT2D eigenvalue weighted by molar-refractivity contribution is 6.31. The molecule has 1 aromatic carbocycles. The minimum Gasteiger partial charge on any atom is -0.481 e. The molecule has 1 heterocycles. The molecule has 0 spiro atoms. The van der Waals surface area contributed by atoms with Gasteiger partial charge < -0.3 is 10.4 Å². The van der Waals surface area contributed by atoms with E-state index in [1.54, 1.807) is 6.07 Å². The van der Waals surface area contributed by atoms with Gasteiger partial charge in [0.1, 0.15) is 0 Å². The lowest BCUT2D eigenvalue weighted by Crippen LogP contribution is -2.37. The number of hydrogen-bond acceptors (Lipinski definition) is 3. The number of halogens is 1. The number of hydrogen-bond donors (Lipinski definition) is 2. The highest BCUT2D eigenvalue weighted by Gasteiger charge is 2.29. The molecule has 1 aromatic rings. The summed E-state index contributed by atoms with van der Waals surface area (Å²) in [5.41, 5.74) is 0.873. The van der Waals surface area contributed by atoms with Gasteiger partial charge in [0.15, 0.2) is 0 Å². The molecule has 1 amide bonds. The van der Waals surface area contributed by atoms with Crippen LogP contribution in [0.1, 0.15) is 24.9 Å². The first-order chi connectivity index (χ1) is 9.97. The van der Waals surface area contributed by atoms with E-state index < -0.39 is 5.97 Å². The molecule has 1 fully saturated rings. The number of carbonyl (C=O) groups excluding carboxylic acids is 1. The summed E-state index contributed by atoms with van der Waals surface area (Å²) in [6.07, 6.45) is 0.600. The van der Waals surface area contributed by atoms with Crippen molar-refractivity contribution in [3.8, 4) is 0 Å². The Balaban J connectivity index is 1.85. The lowest BCUT2D eigenvalue weighted by atomic mass is 10.1. The van der Waals surface area contributed by atoms with Crippen molar-refractivity contribution >= 4 is 23.5 Å². The fraction of sp³-hybridized carbons (Fsp3) is 0.467. The van der Waals surface area contributed by atoms with Crippen molar-refractivity contribution in [2.45, 2.75) is 19.4 Å². The number of aliphatic carboxylic acids is 1. The van der Waals surface area contributed by atoms with Crippen LogP contribution in [0, 0.1) is 5.92 Å². The van der Waals surface area contributed by atoms with Crippen molar-refractivity contribution in [1.29, 1.82) is 0 Å². The molecule has 5 nitrogen and oxygen atoms in total. The van der Waals surface area contributed by atoms with E-state index in [9.17, 15) is 9.59 Å². The lowest BCUT2D eigenvalue weighted by molar-refractivity contribution is -0.141. The Morgan fingerprint density at radius 3 is 2.81 bits per heavy atom. The number of rotatable bonds is 5. The number of nitrogens with zero attached hydrogens (tertiary/aromatic N) is 1. The number of likely N-dealkylation sites (tertiary alicyclic amines) is 1. The van der Waals surface area contributed by atoms with Crippen molar-refractivity contribution in [2.24, 2.45) is 5.92 Å². The van der Waals surface area contributed by atoms with E-state index in [0.717, 1.165) is 5.56 Å². The van der Waals surface area contributed by atoms with Gasteiger partial charge in [0.2, 0.25) is 5.91 Å². The molecule has 0 aliphatic carbocycles. The minimum atomic E-state index is -0.789. The van der Waals surface area contributed by atoms with Crippen LogP contribution in [0.25, 0.3) is 0 Å². The van der Waals surface area contributed by atoms with Crippen molar-refractivity contribution in [2.75, 3.05) is 19.6 Å². The summed E-state index contributed by atoms with van der Waals surface area (Å²) in [5, 5.41) is 12.5. The monoisotopic (exact) mass is 310 g/mol. The molecule has 21 heavy (non-hydrogen) atoms. The summed E-state index contributed by atoms with van der Waals surface area (Å²) >= 11 is 6.10. The normalized spacial score (nSPS) is 20.2. The largest absolute Gasteiger partial charge is 0.481 e. The third-order valence-corrected chi connectivity index (χ3v) is 4.08. The molecule has 114 valence electrons. The zero-order valence-corrected chi connectivity index (χ0v) is 12.6. The van der Waals surface area contributed by atoms with Crippen molar-refractivity contribution < 1.29 is 14.7 Å². The molecular weight excluding hydrogens is 292 g/mol. The molecule has 0 saturated carbocycles. The van der Waals surface area contributed by atoms with E-state index in [1.165, 1.54) is 0 Å². The predicted octanol–water partition coefficient (Wildman–Crippen LogP) is 1.92.